The predicted octanol–water partition coefficient (Wildman–Crippen LogP) is 2.42. The van der Waals surface area contributed by atoms with Gasteiger partial charge in [0.05, 0.1) is 0 Å². The molecule has 0 radical (unpaired) electrons. The first kappa shape index (κ1) is 30.3. The van der Waals surface area contributed by atoms with E-state index in [1.165, 1.54) is 6.42 Å². The number of hydrogen-bond acceptors (Lipinski definition) is 1. The molecule has 0 bridgehead atoms. The van der Waals surface area contributed by atoms with E-state index in [1.54, 1.807) is 0 Å². The molecule has 1 N–H and O–H groups in total. The van der Waals surface area contributed by atoms with Crippen LogP contribution in [0, 0.1) is 28.7 Å². The maximum atomic E-state index is 8.89. The van der Waals surface area contributed by atoms with Crippen molar-refractivity contribution < 1.29 is 36.1 Å². The van der Waals surface area contributed by atoms with Crippen LogP contribution in [0.4, 0.5) is 0 Å². The van der Waals surface area contributed by atoms with E-state index >= 15 is 0 Å². The predicted molar refractivity (Wildman–Crippen MR) is 46.1 cm³/mol. The molecule has 0 atom stereocenters. The Morgan fingerprint density at radius 2 is 1.55 bits per heavy atom. The van der Waals surface area contributed by atoms with E-state index in [0.717, 1.165) is 6.42 Å². The van der Waals surface area contributed by atoms with Crippen molar-refractivity contribution in [3.05, 3.63) is 28.7 Å². The van der Waals surface area contributed by atoms with Gasteiger partial charge < -0.3 is 26.9 Å². The molecular weight excluding hydrogens is 219 g/mol. The number of carboxylic acid groups (broad SMARTS) is 1. The van der Waals surface area contributed by atoms with Gasteiger partial charge in [0.1, 0.15) is 0 Å². The smallest absolute Gasteiger partial charge is 0.503 e. The maximum Gasteiger partial charge on any atom is 4.00 e. The Morgan fingerprint density at radius 3 is 1.55 bits per heavy atom. The average Bonchev–Trinajstić information content (AvgIpc) is 1.65. The number of hydrogen-bond donors (Lipinski definition) is 1. The fourth-order valence-corrected chi connectivity index (χ4v) is 0. The number of aliphatic carboxylic acids is 1. The van der Waals surface area contributed by atoms with Crippen molar-refractivity contribution in [3.63, 3.8) is 0 Å². The summed E-state index contributed by atoms with van der Waals surface area (Å²) in [4.78, 5) is 8.89. The summed E-state index contributed by atoms with van der Waals surface area (Å²) in [5.41, 5.74) is 0. The van der Waals surface area contributed by atoms with Crippen LogP contribution >= 0.6 is 0 Å². The normalized spacial score (nSPS) is 4.91. The van der Waals surface area contributed by atoms with Crippen LogP contribution in [-0.4, -0.2) is 11.1 Å². The Hall–Kier alpha value is 0.223. The van der Waals surface area contributed by atoms with Gasteiger partial charge in [0.15, 0.2) is 5.97 Å². The van der Waals surface area contributed by atoms with Crippen LogP contribution in [0.5, 0.6) is 0 Å². The molecule has 0 aromatic rings. The van der Waals surface area contributed by atoms with E-state index < -0.39 is 5.97 Å². The number of carbonyl (C=O) groups is 1. The summed E-state index contributed by atoms with van der Waals surface area (Å²) >= 11 is 0. The Morgan fingerprint density at radius 1 is 1.45 bits per heavy atom. The summed E-state index contributed by atoms with van der Waals surface area (Å²) in [5, 5.41) is 7.31. The molecule has 0 unspecified atom stereocenters. The van der Waals surface area contributed by atoms with Gasteiger partial charge in [0.2, 0.25) is 0 Å². The van der Waals surface area contributed by atoms with Crippen LogP contribution in [0.3, 0.4) is 0 Å². The van der Waals surface area contributed by atoms with Crippen molar-refractivity contribution >= 4 is 5.97 Å². The van der Waals surface area contributed by atoms with Crippen molar-refractivity contribution in [2.75, 3.05) is 0 Å². The van der Waals surface area contributed by atoms with Gasteiger partial charge in [-0.3, -0.25) is 11.7 Å². The molecule has 0 aliphatic rings. The number of rotatable bonds is 1. The fraction of sp³-hybridized carbons (Fsp3) is 0.375. The topological polar surface area (TPSA) is 37.3 Å². The minimum Gasteiger partial charge on any atom is -0.503 e. The molecule has 0 aromatic carbocycles. The maximum absolute atomic E-state index is 8.89. The molecule has 0 fully saturated rings. The van der Waals surface area contributed by atoms with Crippen molar-refractivity contribution in [1.82, 2.24) is 0 Å². The fourth-order valence-electron chi connectivity index (χ4n) is 0. The van der Waals surface area contributed by atoms with Crippen molar-refractivity contribution in [2.24, 2.45) is 0 Å². The van der Waals surface area contributed by atoms with Gasteiger partial charge in [-0.05, 0) is 0 Å². The molecule has 3 heteroatoms. The minimum atomic E-state index is -1.08. The monoisotopic (exact) mass is 236 g/mol. The van der Waals surface area contributed by atoms with Gasteiger partial charge >= 0.3 is 26.2 Å². The molecule has 0 saturated heterocycles. The first-order valence-electron chi connectivity index (χ1n) is 2.49. The molecule has 2 nitrogen and oxygen atoms in total. The van der Waals surface area contributed by atoms with Gasteiger partial charge in [-0.25, -0.2) is 0 Å². The first-order chi connectivity index (χ1) is 3.65. The molecule has 11 heavy (non-hydrogen) atoms. The number of unbranched alkanes of at least 4 members (excludes halogenated alkanes) is 1. The molecule has 0 saturated carbocycles. The summed E-state index contributed by atoms with van der Waals surface area (Å²) < 4.78 is 0. The van der Waals surface area contributed by atoms with Crippen molar-refractivity contribution in [3.8, 4) is 0 Å². The molecule has 0 aromatic heterocycles. The number of carboxylic acids is 1. The largest absolute Gasteiger partial charge is 4.00 e. The SMILES string of the molecule is [CH2-]C(=O)O.[CH2-]CCC.[CH3-].[CH3-].[Zr+4]. The standard InChI is InChI=1S/C4H9.C2H3O2.2CH3.Zr/c1-3-4-2;1-2(3)4;;;/h1,3-4H2,2H3;1H2,(H,3,4);2*1H3;/q4*-1;+4. The molecule has 0 amide bonds. The Kier molecular flexibility index (Phi) is 87.8. The second-order valence-corrected chi connectivity index (χ2v) is 1.25. The van der Waals surface area contributed by atoms with Crippen LogP contribution in [0.15, 0.2) is 0 Å². The Balaban J connectivity index is -0.0000000171. The first-order valence-corrected chi connectivity index (χ1v) is 2.49. The zero-order chi connectivity index (χ0) is 6.99. The van der Waals surface area contributed by atoms with Gasteiger partial charge in [0, 0.05) is 0 Å². The Labute approximate surface area is 90.5 Å². The van der Waals surface area contributed by atoms with Gasteiger partial charge in [-0.2, -0.15) is 6.42 Å². The van der Waals surface area contributed by atoms with E-state index in [-0.39, 0.29) is 41.1 Å². The van der Waals surface area contributed by atoms with E-state index in [9.17, 15) is 0 Å². The third kappa shape index (κ3) is 462. The van der Waals surface area contributed by atoms with E-state index in [1.807, 2.05) is 0 Å². The zero-order valence-corrected chi connectivity index (χ0v) is 10.1. The van der Waals surface area contributed by atoms with Gasteiger partial charge in [0.25, 0.3) is 0 Å². The van der Waals surface area contributed by atoms with Gasteiger partial charge in [-0.15, -0.1) is 0 Å². The third-order valence-electron chi connectivity index (χ3n) is 0.354. The van der Waals surface area contributed by atoms with Crippen LogP contribution in [0.1, 0.15) is 19.8 Å². The minimum absolute atomic E-state index is 0. The van der Waals surface area contributed by atoms with E-state index in [2.05, 4.69) is 20.8 Å². The molecule has 0 aliphatic carbocycles. The summed E-state index contributed by atoms with van der Waals surface area (Å²) in [5.74, 6) is -1.08. The molecule has 0 rings (SSSR count). The van der Waals surface area contributed by atoms with Crippen LogP contribution in [0.2, 0.25) is 0 Å². The van der Waals surface area contributed by atoms with E-state index in [0.29, 0.717) is 0 Å². The van der Waals surface area contributed by atoms with Crippen molar-refractivity contribution in [1.29, 1.82) is 0 Å². The summed E-state index contributed by atoms with van der Waals surface area (Å²) in [6.07, 6.45) is 2.28. The molecular formula is C8H18O2Zr. The molecule has 0 spiro atoms. The van der Waals surface area contributed by atoms with Crippen molar-refractivity contribution in [2.45, 2.75) is 19.8 Å². The van der Waals surface area contributed by atoms with Crippen LogP contribution in [0.25, 0.3) is 0 Å². The zero-order valence-electron chi connectivity index (χ0n) is 7.68. The van der Waals surface area contributed by atoms with Crippen LogP contribution < -0.4 is 0 Å². The average molecular weight is 237 g/mol. The second-order valence-electron chi connectivity index (χ2n) is 1.25. The summed E-state index contributed by atoms with van der Waals surface area (Å²) in [6, 6.07) is 0. The van der Waals surface area contributed by atoms with E-state index in [4.69, 9.17) is 9.90 Å². The van der Waals surface area contributed by atoms with Crippen LogP contribution in [-0.2, 0) is 31.0 Å². The quantitative estimate of drug-likeness (QED) is 0.711. The molecule has 66 valence electrons. The summed E-state index contributed by atoms with van der Waals surface area (Å²) in [7, 11) is 0. The van der Waals surface area contributed by atoms with Gasteiger partial charge in [-0.1, -0.05) is 13.3 Å². The summed E-state index contributed by atoms with van der Waals surface area (Å²) in [6.45, 7) is 8.28. The molecule has 0 aliphatic heterocycles. The Bertz CT molecular complexity index is 50.1. The third-order valence-corrected chi connectivity index (χ3v) is 0.354. The molecule has 0 heterocycles. The second kappa shape index (κ2) is 31.9.